The summed E-state index contributed by atoms with van der Waals surface area (Å²) in [6.07, 6.45) is 7.19. The summed E-state index contributed by atoms with van der Waals surface area (Å²) < 4.78 is 12.7. The number of methoxy groups -OCH3 is 1. The fraction of sp³-hybridized carbons (Fsp3) is 0.619. The van der Waals surface area contributed by atoms with Gasteiger partial charge >= 0.3 is 0 Å². The average Bonchev–Trinajstić information content (AvgIpc) is 3.03. The largest absolute Gasteiger partial charge is 0.504 e. The third-order valence-corrected chi connectivity index (χ3v) is 8.43. The van der Waals surface area contributed by atoms with Gasteiger partial charge in [-0.3, -0.25) is 0 Å². The third-order valence-electron chi connectivity index (χ3n) is 8.43. The van der Waals surface area contributed by atoms with E-state index in [1.54, 1.807) is 13.2 Å². The molecule has 1 aromatic carbocycles. The highest BCUT2D eigenvalue weighted by Gasteiger charge is 2.78. The number of likely N-dealkylation sites (N-methyl/N-ethyl adjacent to an activating group) is 1. The highest BCUT2D eigenvalue weighted by atomic mass is 16.6. The molecule has 5 nitrogen and oxygen atoms in total. The van der Waals surface area contributed by atoms with Gasteiger partial charge in [0.15, 0.2) is 11.5 Å². The molecule has 0 radical (unpaired) electrons. The second-order valence-electron chi connectivity index (χ2n) is 8.88. The van der Waals surface area contributed by atoms with Crippen LogP contribution in [0.4, 0.5) is 0 Å². The summed E-state index contributed by atoms with van der Waals surface area (Å²) >= 11 is 0. The molecular formula is C21H25NO4. The van der Waals surface area contributed by atoms with Crippen molar-refractivity contribution in [3.63, 3.8) is 0 Å². The van der Waals surface area contributed by atoms with Gasteiger partial charge in [0.05, 0.1) is 5.41 Å². The fourth-order valence-corrected chi connectivity index (χ4v) is 7.41. The number of aliphatic hydroxyl groups is 1. The molecule has 0 unspecified atom stereocenters. The van der Waals surface area contributed by atoms with Gasteiger partial charge in [-0.05, 0) is 44.5 Å². The first-order valence-corrected chi connectivity index (χ1v) is 9.63. The van der Waals surface area contributed by atoms with E-state index in [1.165, 1.54) is 11.1 Å². The maximum atomic E-state index is 10.6. The van der Waals surface area contributed by atoms with Crippen molar-refractivity contribution in [1.29, 1.82) is 0 Å². The van der Waals surface area contributed by atoms with Gasteiger partial charge < -0.3 is 24.6 Å². The van der Waals surface area contributed by atoms with Crippen molar-refractivity contribution in [2.24, 2.45) is 11.3 Å². The van der Waals surface area contributed by atoms with Crippen LogP contribution in [0, 0.1) is 11.3 Å². The molecule has 1 saturated carbocycles. The molecule has 1 aromatic rings. The van der Waals surface area contributed by atoms with E-state index in [9.17, 15) is 10.2 Å². The SMILES string of the molecule is CO[C@@]12C=C[C@@]3(C[C@@H]1CO)[C@H]1Cc4ccc(O)c5c4[C@@]3(CCN1C)[C@H]2O5. The topological polar surface area (TPSA) is 62.2 Å². The van der Waals surface area contributed by atoms with Crippen molar-refractivity contribution in [3.8, 4) is 11.5 Å². The quantitative estimate of drug-likeness (QED) is 0.789. The number of hydrogen-bond acceptors (Lipinski definition) is 5. The van der Waals surface area contributed by atoms with Crippen molar-refractivity contribution in [2.75, 3.05) is 27.3 Å². The van der Waals surface area contributed by atoms with Crippen LogP contribution in [0.15, 0.2) is 24.3 Å². The number of ether oxygens (including phenoxy) is 2. The average molecular weight is 355 g/mol. The minimum atomic E-state index is -0.642. The van der Waals surface area contributed by atoms with Crippen LogP contribution in [0.2, 0.25) is 0 Å². The number of fused-ring (bicyclic) bond motifs is 1. The van der Waals surface area contributed by atoms with E-state index in [-0.39, 0.29) is 35.2 Å². The summed E-state index contributed by atoms with van der Waals surface area (Å²) in [5.74, 6) is 0.887. The van der Waals surface area contributed by atoms with E-state index in [1.807, 2.05) is 0 Å². The number of piperidine rings is 1. The molecular weight excluding hydrogens is 330 g/mol. The van der Waals surface area contributed by atoms with Crippen molar-refractivity contribution in [3.05, 3.63) is 35.4 Å². The minimum Gasteiger partial charge on any atom is -0.504 e. The van der Waals surface area contributed by atoms with E-state index < -0.39 is 5.60 Å². The Morgan fingerprint density at radius 2 is 2.19 bits per heavy atom. The van der Waals surface area contributed by atoms with E-state index in [4.69, 9.17) is 9.47 Å². The van der Waals surface area contributed by atoms with Crippen LogP contribution in [0.25, 0.3) is 0 Å². The smallest absolute Gasteiger partial charge is 0.165 e. The summed E-state index contributed by atoms with van der Waals surface area (Å²) in [7, 11) is 3.95. The number of rotatable bonds is 2. The summed E-state index contributed by atoms with van der Waals surface area (Å²) in [5.41, 5.74) is 1.62. The Labute approximate surface area is 153 Å². The number of likely N-dealkylation sites (tertiary alicyclic amines) is 1. The minimum absolute atomic E-state index is 0.00244. The standard InChI is InChI=1S/C21H25NO4/c1-22-8-7-20-16-12-3-4-14(24)17(16)26-18(20)21(25-2)6-5-19(20,15(22)9-12)10-13(21)11-23/h3-6,13,15,18,23-24H,7-11H2,1-2H3/t13-,15-,18-,19-,20+,21+/m1/s1. The van der Waals surface area contributed by atoms with E-state index in [2.05, 4.69) is 30.2 Å². The number of phenolic OH excluding ortho intramolecular Hbond substituents is 1. The Hall–Kier alpha value is -1.56. The molecule has 6 aliphatic rings. The number of phenols is 1. The lowest BCUT2D eigenvalue weighted by Crippen LogP contribution is -2.79. The molecule has 7 rings (SSSR count). The van der Waals surface area contributed by atoms with Gasteiger partial charge in [0.1, 0.15) is 11.7 Å². The Bertz CT molecular complexity index is 853. The number of aromatic hydroxyl groups is 1. The van der Waals surface area contributed by atoms with Crippen LogP contribution in [0.1, 0.15) is 24.0 Å². The molecule has 2 aliphatic heterocycles. The highest BCUT2D eigenvalue weighted by Crippen LogP contribution is 2.74. The monoisotopic (exact) mass is 355 g/mol. The highest BCUT2D eigenvalue weighted by molar-refractivity contribution is 5.65. The van der Waals surface area contributed by atoms with Crippen LogP contribution >= 0.6 is 0 Å². The summed E-state index contributed by atoms with van der Waals surface area (Å²) in [5, 5.41) is 20.8. The number of benzene rings is 1. The summed E-state index contributed by atoms with van der Waals surface area (Å²) in [6.45, 7) is 1.10. The normalized spacial score (nSPS) is 47.0. The first kappa shape index (κ1) is 15.5. The van der Waals surface area contributed by atoms with E-state index in [0.29, 0.717) is 11.8 Å². The van der Waals surface area contributed by atoms with Gasteiger partial charge in [-0.1, -0.05) is 18.2 Å². The fourth-order valence-electron chi connectivity index (χ4n) is 7.41. The first-order chi connectivity index (χ1) is 12.5. The lowest BCUT2D eigenvalue weighted by atomic mass is 9.37. The second-order valence-corrected chi connectivity index (χ2v) is 8.88. The van der Waals surface area contributed by atoms with Gasteiger partial charge in [-0.15, -0.1) is 0 Å². The van der Waals surface area contributed by atoms with Crippen molar-refractivity contribution < 1.29 is 19.7 Å². The Balaban J connectivity index is 1.73. The van der Waals surface area contributed by atoms with Crippen molar-refractivity contribution >= 4 is 0 Å². The zero-order chi connectivity index (χ0) is 17.9. The van der Waals surface area contributed by atoms with Gasteiger partial charge in [0.2, 0.25) is 0 Å². The molecule has 26 heavy (non-hydrogen) atoms. The predicted octanol–water partition coefficient (Wildman–Crippen LogP) is 1.60. The van der Waals surface area contributed by atoms with Crippen LogP contribution < -0.4 is 4.74 Å². The molecule has 4 aliphatic carbocycles. The predicted molar refractivity (Wildman–Crippen MR) is 95.4 cm³/mol. The Morgan fingerprint density at radius 3 is 2.96 bits per heavy atom. The van der Waals surface area contributed by atoms with Crippen molar-refractivity contribution in [1.82, 2.24) is 4.90 Å². The Kier molecular flexibility index (Phi) is 2.66. The van der Waals surface area contributed by atoms with Gasteiger partial charge in [-0.2, -0.15) is 0 Å². The zero-order valence-corrected chi connectivity index (χ0v) is 15.2. The maximum Gasteiger partial charge on any atom is 0.165 e. The third kappa shape index (κ3) is 1.29. The summed E-state index contributed by atoms with van der Waals surface area (Å²) in [6, 6.07) is 4.23. The number of aliphatic hydroxyl groups excluding tert-OH is 1. The van der Waals surface area contributed by atoms with Gasteiger partial charge in [0, 0.05) is 36.7 Å². The lowest BCUT2D eigenvalue weighted by Gasteiger charge is -2.71. The number of hydrogen-bond donors (Lipinski definition) is 2. The van der Waals surface area contributed by atoms with Crippen LogP contribution in [0.5, 0.6) is 11.5 Å². The zero-order valence-electron chi connectivity index (χ0n) is 15.2. The summed E-state index contributed by atoms with van der Waals surface area (Å²) in [4.78, 5) is 2.49. The molecule has 138 valence electrons. The molecule has 4 bridgehead atoms. The second kappa shape index (κ2) is 4.46. The lowest BCUT2D eigenvalue weighted by molar-refractivity contribution is -0.219. The molecule has 6 atom stereocenters. The van der Waals surface area contributed by atoms with Crippen LogP contribution in [-0.2, 0) is 16.6 Å². The van der Waals surface area contributed by atoms with Crippen molar-refractivity contribution in [2.45, 2.75) is 42.4 Å². The van der Waals surface area contributed by atoms with E-state index >= 15 is 0 Å². The molecule has 1 saturated heterocycles. The number of nitrogens with zero attached hydrogens (tertiary/aromatic N) is 1. The molecule has 0 amide bonds. The van der Waals surface area contributed by atoms with Gasteiger partial charge in [0.25, 0.3) is 0 Å². The first-order valence-electron chi connectivity index (χ1n) is 9.63. The van der Waals surface area contributed by atoms with Gasteiger partial charge in [-0.25, -0.2) is 0 Å². The van der Waals surface area contributed by atoms with Crippen LogP contribution in [-0.4, -0.2) is 60.2 Å². The van der Waals surface area contributed by atoms with Crippen LogP contribution in [0.3, 0.4) is 0 Å². The molecule has 5 heteroatoms. The van der Waals surface area contributed by atoms with E-state index in [0.717, 1.165) is 25.8 Å². The molecule has 2 N–H and O–H groups in total. The molecule has 2 spiro atoms. The molecule has 2 heterocycles. The molecule has 2 fully saturated rings. The maximum absolute atomic E-state index is 10.6. The Morgan fingerprint density at radius 1 is 1.35 bits per heavy atom. The molecule has 0 aromatic heterocycles.